The molecule has 1 N–H and O–H groups in total. The van der Waals surface area contributed by atoms with Crippen LogP contribution in [-0.4, -0.2) is 14.4 Å². The van der Waals surface area contributed by atoms with Crippen molar-refractivity contribution < 1.29 is 0 Å². The number of aryl methyl sites for hydroxylation is 1. The largest absolute Gasteiger partial charge is 0.381 e. The van der Waals surface area contributed by atoms with Gasteiger partial charge in [-0.15, -0.1) is 0 Å². The molecule has 2 heteroatoms. The smallest absolute Gasteiger partial charge is 0.113 e. The lowest BCUT2D eigenvalue weighted by Gasteiger charge is -2.16. The molecule has 2 rings (SSSR count). The molecule has 0 aromatic heterocycles. The second-order valence-corrected chi connectivity index (χ2v) is 3.09. The Morgan fingerprint density at radius 3 is 3.08 bits per heavy atom. The Balaban J connectivity index is 2.62. The standard InChI is InChI=1S/C10H10BN/c1-7-5-9(11)6-8-3-2-4-12-10(7)8/h2-3,5-6,12H,4H2,1H3. The zero-order valence-electron chi connectivity index (χ0n) is 7.09. The van der Waals surface area contributed by atoms with Crippen LogP contribution in [0.5, 0.6) is 0 Å². The molecule has 1 aliphatic heterocycles. The minimum absolute atomic E-state index is 0.833. The summed E-state index contributed by atoms with van der Waals surface area (Å²) in [6.45, 7) is 2.99. The summed E-state index contributed by atoms with van der Waals surface area (Å²) in [5.74, 6) is 0. The number of benzene rings is 1. The molecule has 0 atom stereocenters. The second kappa shape index (κ2) is 2.70. The molecule has 1 aromatic rings. The Labute approximate surface area is 73.9 Å². The van der Waals surface area contributed by atoms with Crippen LogP contribution >= 0.6 is 0 Å². The van der Waals surface area contributed by atoms with Crippen LogP contribution in [0, 0.1) is 6.92 Å². The van der Waals surface area contributed by atoms with E-state index in [0.717, 1.165) is 12.0 Å². The van der Waals surface area contributed by atoms with Crippen molar-refractivity contribution in [1.29, 1.82) is 0 Å². The van der Waals surface area contributed by atoms with E-state index in [1.165, 1.54) is 16.8 Å². The number of hydrogen-bond acceptors (Lipinski definition) is 1. The van der Waals surface area contributed by atoms with Crippen molar-refractivity contribution in [3.8, 4) is 0 Å². The van der Waals surface area contributed by atoms with Crippen LogP contribution in [0.1, 0.15) is 11.1 Å². The molecule has 0 spiro atoms. The van der Waals surface area contributed by atoms with E-state index in [0.29, 0.717) is 0 Å². The van der Waals surface area contributed by atoms with Crippen LogP contribution in [0.15, 0.2) is 18.2 Å². The molecule has 1 heterocycles. The van der Waals surface area contributed by atoms with Gasteiger partial charge in [-0.25, -0.2) is 0 Å². The molecule has 12 heavy (non-hydrogen) atoms. The molecule has 0 saturated carbocycles. The monoisotopic (exact) mass is 155 g/mol. The Morgan fingerprint density at radius 1 is 1.42 bits per heavy atom. The number of nitrogens with one attached hydrogen (secondary N) is 1. The Morgan fingerprint density at radius 2 is 2.25 bits per heavy atom. The molecule has 1 nitrogen and oxygen atoms in total. The van der Waals surface area contributed by atoms with Gasteiger partial charge >= 0.3 is 0 Å². The molecular formula is C10H10BN. The zero-order chi connectivity index (χ0) is 8.55. The summed E-state index contributed by atoms with van der Waals surface area (Å²) in [5, 5.41) is 3.32. The maximum absolute atomic E-state index is 5.72. The highest BCUT2D eigenvalue weighted by molar-refractivity contribution is 6.32. The van der Waals surface area contributed by atoms with Crippen molar-refractivity contribution in [3.05, 3.63) is 29.3 Å². The van der Waals surface area contributed by atoms with Crippen molar-refractivity contribution in [2.24, 2.45) is 0 Å². The van der Waals surface area contributed by atoms with E-state index in [1.54, 1.807) is 0 Å². The number of hydrogen-bond donors (Lipinski definition) is 1. The lowest BCUT2D eigenvalue weighted by atomic mass is 9.90. The maximum atomic E-state index is 5.72. The molecule has 0 bridgehead atoms. The molecule has 1 aromatic carbocycles. The van der Waals surface area contributed by atoms with Gasteiger partial charge < -0.3 is 5.32 Å². The summed E-state index contributed by atoms with van der Waals surface area (Å²) in [6.07, 6.45) is 4.20. The van der Waals surface area contributed by atoms with Gasteiger partial charge in [-0.1, -0.05) is 29.7 Å². The Kier molecular flexibility index (Phi) is 1.68. The van der Waals surface area contributed by atoms with Crippen LogP contribution in [0.3, 0.4) is 0 Å². The first-order valence-corrected chi connectivity index (χ1v) is 4.08. The van der Waals surface area contributed by atoms with E-state index in [-0.39, 0.29) is 0 Å². The van der Waals surface area contributed by atoms with Gasteiger partial charge in [0.05, 0.1) is 0 Å². The van der Waals surface area contributed by atoms with Crippen LogP contribution in [0.2, 0.25) is 0 Å². The van der Waals surface area contributed by atoms with Gasteiger partial charge in [0, 0.05) is 12.2 Å². The highest BCUT2D eigenvalue weighted by Gasteiger charge is 2.05. The lowest BCUT2D eigenvalue weighted by molar-refractivity contribution is 1.28. The van der Waals surface area contributed by atoms with Crippen LogP contribution in [0.4, 0.5) is 5.69 Å². The van der Waals surface area contributed by atoms with Gasteiger partial charge in [0.25, 0.3) is 0 Å². The predicted molar refractivity (Wildman–Crippen MR) is 54.1 cm³/mol. The van der Waals surface area contributed by atoms with E-state index in [1.807, 2.05) is 12.1 Å². The van der Waals surface area contributed by atoms with E-state index in [2.05, 4.69) is 24.4 Å². The van der Waals surface area contributed by atoms with Crippen LogP contribution < -0.4 is 10.8 Å². The summed E-state index contributed by atoms with van der Waals surface area (Å²) in [7, 11) is 5.72. The highest BCUT2D eigenvalue weighted by Crippen LogP contribution is 2.22. The lowest BCUT2D eigenvalue weighted by Crippen LogP contribution is -2.11. The van der Waals surface area contributed by atoms with Gasteiger partial charge in [-0.05, 0) is 18.1 Å². The van der Waals surface area contributed by atoms with Crippen molar-refractivity contribution >= 4 is 25.1 Å². The summed E-state index contributed by atoms with van der Waals surface area (Å²) < 4.78 is 0. The first kappa shape index (κ1) is 7.47. The molecule has 0 amide bonds. The summed E-state index contributed by atoms with van der Waals surface area (Å²) in [4.78, 5) is 0. The molecule has 0 unspecified atom stereocenters. The van der Waals surface area contributed by atoms with Crippen LogP contribution in [0.25, 0.3) is 6.08 Å². The molecule has 0 aliphatic carbocycles. The average molecular weight is 155 g/mol. The van der Waals surface area contributed by atoms with Crippen molar-refractivity contribution in [2.75, 3.05) is 11.9 Å². The molecule has 0 fully saturated rings. The fraction of sp³-hybridized carbons (Fsp3) is 0.200. The van der Waals surface area contributed by atoms with E-state index in [9.17, 15) is 0 Å². The van der Waals surface area contributed by atoms with E-state index in [4.69, 9.17) is 7.85 Å². The van der Waals surface area contributed by atoms with Crippen molar-refractivity contribution in [3.63, 3.8) is 0 Å². The Hall–Kier alpha value is -1.18. The second-order valence-electron chi connectivity index (χ2n) is 3.09. The van der Waals surface area contributed by atoms with E-state index >= 15 is 0 Å². The fourth-order valence-corrected chi connectivity index (χ4v) is 1.56. The van der Waals surface area contributed by atoms with Gasteiger partial charge in [0.15, 0.2) is 0 Å². The van der Waals surface area contributed by atoms with Gasteiger partial charge in [0.1, 0.15) is 7.85 Å². The normalized spacial score (nSPS) is 13.8. The number of fused-ring (bicyclic) bond motifs is 1. The average Bonchev–Trinajstić information content (AvgIpc) is 2.04. The van der Waals surface area contributed by atoms with Gasteiger partial charge in [-0.3, -0.25) is 0 Å². The minimum atomic E-state index is 0.833. The minimum Gasteiger partial charge on any atom is -0.381 e. The third-order valence-electron chi connectivity index (χ3n) is 2.08. The Bertz CT molecular complexity index is 342. The molecular weight excluding hydrogens is 145 g/mol. The SMILES string of the molecule is [B]c1cc(C)c2c(c1)C=CCN2. The molecule has 58 valence electrons. The van der Waals surface area contributed by atoms with Crippen molar-refractivity contribution in [2.45, 2.75) is 6.92 Å². The fourth-order valence-electron chi connectivity index (χ4n) is 1.56. The first-order valence-electron chi connectivity index (χ1n) is 4.08. The number of anilines is 1. The number of rotatable bonds is 0. The third kappa shape index (κ3) is 1.13. The third-order valence-corrected chi connectivity index (χ3v) is 2.08. The van der Waals surface area contributed by atoms with Crippen LogP contribution in [-0.2, 0) is 0 Å². The predicted octanol–water partition coefficient (Wildman–Crippen LogP) is 1.23. The van der Waals surface area contributed by atoms with Crippen molar-refractivity contribution in [1.82, 2.24) is 0 Å². The molecule has 0 saturated heterocycles. The first-order chi connectivity index (χ1) is 5.77. The summed E-state index contributed by atoms with van der Waals surface area (Å²) in [6, 6.07) is 3.98. The zero-order valence-corrected chi connectivity index (χ0v) is 7.09. The van der Waals surface area contributed by atoms with E-state index < -0.39 is 0 Å². The van der Waals surface area contributed by atoms with Gasteiger partial charge in [0.2, 0.25) is 0 Å². The quantitative estimate of drug-likeness (QED) is 0.555. The maximum Gasteiger partial charge on any atom is 0.113 e. The summed E-state index contributed by atoms with van der Waals surface area (Å²) >= 11 is 0. The molecule has 1 aliphatic rings. The highest BCUT2D eigenvalue weighted by atomic mass is 14.9. The van der Waals surface area contributed by atoms with Gasteiger partial charge in [-0.2, -0.15) is 0 Å². The topological polar surface area (TPSA) is 12.0 Å². The molecule has 2 radical (unpaired) electrons. The summed E-state index contributed by atoms with van der Waals surface area (Å²) in [5.41, 5.74) is 4.46.